The molecule has 0 bridgehead atoms. The van der Waals surface area contributed by atoms with Crippen LogP contribution in [0.4, 0.5) is 17.1 Å². The summed E-state index contributed by atoms with van der Waals surface area (Å²) in [6.45, 7) is 0. The molecule has 0 aliphatic carbocycles. The molecule has 0 aliphatic heterocycles. The van der Waals surface area contributed by atoms with Crippen molar-refractivity contribution >= 4 is 82.4 Å². The standard InChI is InChI=1S/C50H32N2O/c1-2-12-37(13-3-1)52-46-18-8-6-15-41(46)45-31-36(26-30-47(45)52)33-23-27-38(28-24-33)51(48-19-10-17-43-42-16-7-9-20-49(42)53-50(43)48)39-29-25-35-22-21-34-11-4-5-14-40(34)44(35)32-39/h1-32H. The third kappa shape index (κ3) is 4.68. The summed E-state index contributed by atoms with van der Waals surface area (Å²) >= 11 is 0. The molecule has 53 heavy (non-hydrogen) atoms. The van der Waals surface area contributed by atoms with Crippen molar-refractivity contribution in [1.29, 1.82) is 0 Å². The monoisotopic (exact) mass is 676 g/mol. The van der Waals surface area contributed by atoms with Gasteiger partial charge >= 0.3 is 0 Å². The van der Waals surface area contributed by atoms with Crippen molar-refractivity contribution in [2.45, 2.75) is 0 Å². The van der Waals surface area contributed by atoms with E-state index in [1.54, 1.807) is 0 Å². The number of aromatic nitrogens is 1. The summed E-state index contributed by atoms with van der Waals surface area (Å²) in [6, 6.07) is 69.7. The van der Waals surface area contributed by atoms with Gasteiger partial charge < -0.3 is 13.9 Å². The Hall–Kier alpha value is -7.10. The van der Waals surface area contributed by atoms with Crippen molar-refractivity contribution in [3.63, 3.8) is 0 Å². The average molecular weight is 677 g/mol. The molecule has 0 saturated carbocycles. The molecule has 0 N–H and O–H groups in total. The highest BCUT2D eigenvalue weighted by Gasteiger charge is 2.20. The first kappa shape index (κ1) is 29.6. The van der Waals surface area contributed by atoms with Crippen molar-refractivity contribution in [1.82, 2.24) is 4.57 Å². The molecule has 0 atom stereocenters. The van der Waals surface area contributed by atoms with Crippen molar-refractivity contribution < 1.29 is 4.42 Å². The van der Waals surface area contributed by atoms with Gasteiger partial charge in [-0.3, -0.25) is 0 Å². The van der Waals surface area contributed by atoms with Gasteiger partial charge in [-0.1, -0.05) is 127 Å². The summed E-state index contributed by atoms with van der Waals surface area (Å²) < 4.78 is 8.99. The molecule has 248 valence electrons. The van der Waals surface area contributed by atoms with Crippen molar-refractivity contribution in [2.24, 2.45) is 0 Å². The zero-order chi connectivity index (χ0) is 34.9. The summed E-state index contributed by atoms with van der Waals surface area (Å²) in [7, 11) is 0. The molecule has 0 aliphatic rings. The van der Waals surface area contributed by atoms with Crippen LogP contribution < -0.4 is 4.90 Å². The molecule has 9 aromatic carbocycles. The number of hydrogen-bond donors (Lipinski definition) is 0. The van der Waals surface area contributed by atoms with Gasteiger partial charge in [0.1, 0.15) is 5.58 Å². The molecule has 2 aromatic heterocycles. The van der Waals surface area contributed by atoms with Crippen LogP contribution in [0.25, 0.3) is 82.1 Å². The van der Waals surface area contributed by atoms with Crippen LogP contribution in [0.2, 0.25) is 0 Å². The van der Waals surface area contributed by atoms with E-state index in [1.165, 1.54) is 54.5 Å². The lowest BCUT2D eigenvalue weighted by Gasteiger charge is -2.26. The van der Waals surface area contributed by atoms with Gasteiger partial charge in [0.2, 0.25) is 0 Å². The fourth-order valence-electron chi connectivity index (χ4n) is 8.28. The van der Waals surface area contributed by atoms with Gasteiger partial charge in [-0.2, -0.15) is 0 Å². The van der Waals surface area contributed by atoms with Crippen molar-refractivity contribution in [2.75, 3.05) is 4.90 Å². The number of fused-ring (bicyclic) bond motifs is 9. The van der Waals surface area contributed by atoms with E-state index in [1.807, 2.05) is 6.07 Å². The lowest BCUT2D eigenvalue weighted by Crippen LogP contribution is -2.10. The van der Waals surface area contributed by atoms with Crippen molar-refractivity contribution in [3.05, 3.63) is 194 Å². The van der Waals surface area contributed by atoms with Crippen LogP contribution in [0.3, 0.4) is 0 Å². The van der Waals surface area contributed by atoms with E-state index in [2.05, 4.69) is 198 Å². The van der Waals surface area contributed by atoms with Gasteiger partial charge in [-0.05, 0) is 99.4 Å². The Morgan fingerprint density at radius 1 is 0.377 bits per heavy atom. The maximum atomic E-state index is 6.62. The zero-order valence-corrected chi connectivity index (χ0v) is 28.8. The Kier molecular flexibility index (Phi) is 6.55. The van der Waals surface area contributed by atoms with Crippen molar-refractivity contribution in [3.8, 4) is 16.8 Å². The highest BCUT2D eigenvalue weighted by atomic mass is 16.3. The molecule has 2 heterocycles. The molecular formula is C50H32N2O. The molecule has 3 nitrogen and oxygen atoms in total. The van der Waals surface area contributed by atoms with Crippen LogP contribution >= 0.6 is 0 Å². The van der Waals surface area contributed by atoms with Crippen LogP contribution in [0.5, 0.6) is 0 Å². The van der Waals surface area contributed by atoms with E-state index in [9.17, 15) is 0 Å². The Morgan fingerprint density at radius 3 is 1.89 bits per heavy atom. The van der Waals surface area contributed by atoms with E-state index in [4.69, 9.17) is 4.42 Å². The normalized spacial score (nSPS) is 11.8. The number of hydrogen-bond acceptors (Lipinski definition) is 2. The molecule has 3 heteroatoms. The van der Waals surface area contributed by atoms with Gasteiger partial charge in [0.15, 0.2) is 5.58 Å². The summed E-state index contributed by atoms with van der Waals surface area (Å²) in [5, 5.41) is 9.63. The summed E-state index contributed by atoms with van der Waals surface area (Å²) in [5.74, 6) is 0. The topological polar surface area (TPSA) is 21.3 Å². The predicted octanol–water partition coefficient (Wildman–Crippen LogP) is 14.1. The van der Waals surface area contributed by atoms with Gasteiger partial charge in [0.25, 0.3) is 0 Å². The van der Waals surface area contributed by atoms with Crippen LogP contribution in [-0.2, 0) is 0 Å². The smallest absolute Gasteiger partial charge is 0.159 e. The second kappa shape index (κ2) is 11.7. The van der Waals surface area contributed by atoms with Crippen LogP contribution in [0.1, 0.15) is 0 Å². The van der Waals surface area contributed by atoms with E-state index >= 15 is 0 Å². The first-order chi connectivity index (χ1) is 26.3. The molecule has 0 unspecified atom stereocenters. The highest BCUT2D eigenvalue weighted by Crippen LogP contribution is 2.44. The molecule has 11 rings (SSSR count). The minimum atomic E-state index is 0.871. The molecule has 0 fully saturated rings. The molecule has 0 spiro atoms. The van der Waals surface area contributed by atoms with E-state index in [-0.39, 0.29) is 0 Å². The summed E-state index contributed by atoms with van der Waals surface area (Å²) in [4.78, 5) is 2.34. The first-order valence-corrected chi connectivity index (χ1v) is 18.1. The Morgan fingerprint density at radius 2 is 1.02 bits per heavy atom. The summed E-state index contributed by atoms with van der Waals surface area (Å²) in [6.07, 6.45) is 0. The fraction of sp³-hybridized carbons (Fsp3) is 0. The van der Waals surface area contributed by atoms with E-state index in [0.29, 0.717) is 0 Å². The number of para-hydroxylation sites is 4. The fourth-order valence-corrected chi connectivity index (χ4v) is 8.28. The molecular weight excluding hydrogens is 645 g/mol. The summed E-state index contributed by atoms with van der Waals surface area (Å²) in [5.41, 5.74) is 10.8. The largest absolute Gasteiger partial charge is 0.454 e. The maximum Gasteiger partial charge on any atom is 0.159 e. The lowest BCUT2D eigenvalue weighted by molar-refractivity contribution is 0.669. The zero-order valence-electron chi connectivity index (χ0n) is 28.8. The number of furan rings is 1. The van der Waals surface area contributed by atoms with E-state index in [0.717, 1.165) is 44.7 Å². The first-order valence-electron chi connectivity index (χ1n) is 18.1. The van der Waals surface area contributed by atoms with Gasteiger partial charge in [-0.25, -0.2) is 0 Å². The van der Waals surface area contributed by atoms with Gasteiger partial charge in [-0.15, -0.1) is 0 Å². The number of benzene rings is 9. The predicted molar refractivity (Wildman–Crippen MR) is 223 cm³/mol. The average Bonchev–Trinajstić information content (AvgIpc) is 3.78. The second-order valence-electron chi connectivity index (χ2n) is 13.7. The molecule has 0 amide bonds. The number of rotatable bonds is 5. The van der Waals surface area contributed by atoms with Crippen LogP contribution in [0, 0.1) is 0 Å². The highest BCUT2D eigenvalue weighted by molar-refractivity contribution is 6.13. The third-order valence-corrected chi connectivity index (χ3v) is 10.8. The minimum absolute atomic E-state index is 0.871. The SMILES string of the molecule is c1ccc(-n2c3ccccc3c3cc(-c4ccc(N(c5ccc6ccc7ccccc7c6c5)c5cccc6c5oc5ccccc56)cc4)ccc32)cc1. The van der Waals surface area contributed by atoms with Gasteiger partial charge in [0.05, 0.1) is 16.7 Å². The quantitative estimate of drug-likeness (QED) is 0.169. The number of nitrogens with zero attached hydrogens (tertiary/aromatic N) is 2. The van der Waals surface area contributed by atoms with Crippen LogP contribution in [-0.4, -0.2) is 4.57 Å². The second-order valence-corrected chi connectivity index (χ2v) is 13.7. The lowest BCUT2D eigenvalue weighted by atomic mass is 10.00. The molecule has 0 radical (unpaired) electrons. The molecule has 0 saturated heterocycles. The van der Waals surface area contributed by atoms with Crippen LogP contribution in [0.15, 0.2) is 199 Å². The minimum Gasteiger partial charge on any atom is -0.454 e. The third-order valence-electron chi connectivity index (χ3n) is 10.8. The van der Waals surface area contributed by atoms with E-state index < -0.39 is 0 Å². The maximum absolute atomic E-state index is 6.62. The Bertz CT molecular complexity index is 3170. The Balaban J connectivity index is 1.08. The molecule has 11 aromatic rings. The van der Waals surface area contributed by atoms with Gasteiger partial charge in [0, 0.05) is 38.6 Å². The number of anilines is 3. The Labute approximate surface area is 306 Å².